The minimum absolute atomic E-state index is 0.0348. The zero-order valence-corrected chi connectivity index (χ0v) is 16.1. The lowest BCUT2D eigenvalue weighted by atomic mass is 9.94. The van der Waals surface area contributed by atoms with E-state index >= 15 is 0 Å². The third kappa shape index (κ3) is 4.94. The largest absolute Gasteiger partial charge is 0.342 e. The van der Waals surface area contributed by atoms with Gasteiger partial charge in [0.25, 0.3) is 11.8 Å². The Morgan fingerprint density at radius 3 is 2.46 bits per heavy atom. The maximum Gasteiger partial charge on any atom is 0.256 e. The molecule has 1 aromatic carbocycles. The molecule has 0 saturated carbocycles. The highest BCUT2D eigenvalue weighted by Gasteiger charge is 2.25. The molecule has 2 heterocycles. The van der Waals surface area contributed by atoms with Crippen LogP contribution in [0.3, 0.4) is 0 Å². The number of piperidine rings is 1. The van der Waals surface area contributed by atoms with Gasteiger partial charge in [0.05, 0.1) is 6.42 Å². The molecule has 28 heavy (non-hydrogen) atoms. The van der Waals surface area contributed by atoms with E-state index in [0.717, 1.165) is 18.4 Å². The first-order valence-corrected chi connectivity index (χ1v) is 9.67. The van der Waals surface area contributed by atoms with E-state index in [1.165, 1.54) is 23.1 Å². The maximum atomic E-state index is 13.0. The quantitative estimate of drug-likeness (QED) is 0.750. The monoisotopic (exact) mass is 384 g/mol. The molecule has 0 radical (unpaired) electrons. The summed E-state index contributed by atoms with van der Waals surface area (Å²) in [5.74, 6) is -0.549. The summed E-state index contributed by atoms with van der Waals surface area (Å²) < 4.78 is 13.0. The lowest BCUT2D eigenvalue weighted by molar-refractivity contribution is -0.140. The van der Waals surface area contributed by atoms with E-state index in [4.69, 9.17) is 0 Å². The molecule has 2 aliphatic rings. The van der Waals surface area contributed by atoms with Crippen molar-refractivity contribution in [3.63, 3.8) is 0 Å². The van der Waals surface area contributed by atoms with Crippen LogP contribution in [0.4, 0.5) is 4.39 Å². The Morgan fingerprint density at radius 2 is 1.82 bits per heavy atom. The average molecular weight is 384 g/mol. The fraction of sp³-hybridized carbons (Fsp3) is 0.409. The second kappa shape index (κ2) is 8.95. The van der Waals surface area contributed by atoms with Gasteiger partial charge in [0.15, 0.2) is 0 Å². The van der Waals surface area contributed by atoms with Crippen LogP contribution in [0.15, 0.2) is 48.1 Å². The van der Waals surface area contributed by atoms with Crippen molar-refractivity contribution in [1.82, 2.24) is 9.80 Å². The molecule has 6 heteroatoms. The van der Waals surface area contributed by atoms with Gasteiger partial charge in [0.1, 0.15) is 5.82 Å². The molecule has 148 valence electrons. The van der Waals surface area contributed by atoms with Crippen LogP contribution in [-0.2, 0) is 20.8 Å². The molecular formula is C22H25FN2O3. The number of likely N-dealkylation sites (tertiary alicyclic amines) is 1. The van der Waals surface area contributed by atoms with Gasteiger partial charge in [-0.25, -0.2) is 4.39 Å². The first-order valence-electron chi connectivity index (χ1n) is 9.67. The van der Waals surface area contributed by atoms with Crippen LogP contribution in [0.25, 0.3) is 0 Å². The first-order chi connectivity index (χ1) is 13.4. The molecule has 1 aromatic rings. The van der Waals surface area contributed by atoms with Gasteiger partial charge >= 0.3 is 0 Å². The zero-order valence-electron chi connectivity index (χ0n) is 16.1. The van der Waals surface area contributed by atoms with Crippen LogP contribution in [0.1, 0.15) is 31.7 Å². The summed E-state index contributed by atoms with van der Waals surface area (Å²) in [5.41, 5.74) is 1.38. The van der Waals surface area contributed by atoms with Crippen molar-refractivity contribution in [2.24, 2.45) is 5.92 Å². The number of amides is 3. The standard InChI is InChI=1S/C22H25FN2O3/c1-16(22(28)25-11-3-2-4-20(25)26)14-18-9-12-24(13-10-18)21(27)15-17-5-7-19(23)8-6-17/h2,4-8,14,18H,3,9-13,15H2,1H3/b16-14+. The van der Waals surface area contributed by atoms with Crippen LogP contribution in [0, 0.1) is 11.7 Å². The van der Waals surface area contributed by atoms with E-state index in [2.05, 4.69) is 0 Å². The van der Waals surface area contributed by atoms with Crippen molar-refractivity contribution in [2.75, 3.05) is 19.6 Å². The molecule has 3 amide bonds. The SMILES string of the molecule is C/C(=C\C1CCN(C(=O)Cc2ccc(F)cc2)CC1)C(=O)N1CCC=CC1=O. The fourth-order valence-corrected chi connectivity index (χ4v) is 3.63. The molecule has 2 aliphatic heterocycles. The topological polar surface area (TPSA) is 57.7 Å². The summed E-state index contributed by atoms with van der Waals surface area (Å²) in [6.07, 6.45) is 7.70. The maximum absolute atomic E-state index is 13.0. The van der Waals surface area contributed by atoms with Gasteiger partial charge < -0.3 is 4.90 Å². The van der Waals surface area contributed by atoms with Crippen LogP contribution < -0.4 is 0 Å². The van der Waals surface area contributed by atoms with E-state index in [1.54, 1.807) is 25.1 Å². The molecule has 3 rings (SSSR count). The first kappa shape index (κ1) is 20.0. The van der Waals surface area contributed by atoms with Crippen molar-refractivity contribution < 1.29 is 18.8 Å². The van der Waals surface area contributed by atoms with Crippen LogP contribution in [-0.4, -0.2) is 47.2 Å². The Hall–Kier alpha value is -2.76. The molecule has 0 unspecified atom stereocenters. The molecule has 1 saturated heterocycles. The summed E-state index contributed by atoms with van der Waals surface area (Å²) >= 11 is 0. The minimum atomic E-state index is -0.309. The van der Waals surface area contributed by atoms with E-state index in [-0.39, 0.29) is 35.9 Å². The summed E-state index contributed by atoms with van der Waals surface area (Å²) in [6.45, 7) is 3.44. The van der Waals surface area contributed by atoms with Crippen molar-refractivity contribution in [3.8, 4) is 0 Å². The van der Waals surface area contributed by atoms with E-state index in [9.17, 15) is 18.8 Å². The second-order valence-electron chi connectivity index (χ2n) is 7.36. The smallest absolute Gasteiger partial charge is 0.256 e. The van der Waals surface area contributed by atoms with Gasteiger partial charge in [-0.2, -0.15) is 0 Å². The Bertz CT molecular complexity index is 806. The molecule has 1 fully saturated rings. The molecule has 0 bridgehead atoms. The van der Waals surface area contributed by atoms with Gasteiger partial charge in [-0.15, -0.1) is 0 Å². The van der Waals surface area contributed by atoms with Crippen molar-refractivity contribution in [1.29, 1.82) is 0 Å². The number of allylic oxidation sites excluding steroid dienone is 1. The molecule has 5 nitrogen and oxygen atoms in total. The number of imide groups is 1. The lowest BCUT2D eigenvalue weighted by Gasteiger charge is -2.31. The third-order valence-corrected chi connectivity index (χ3v) is 5.27. The summed E-state index contributed by atoms with van der Waals surface area (Å²) in [6, 6.07) is 5.99. The van der Waals surface area contributed by atoms with Crippen LogP contribution in [0.2, 0.25) is 0 Å². The molecule has 0 spiro atoms. The van der Waals surface area contributed by atoms with Crippen molar-refractivity contribution in [3.05, 3.63) is 59.4 Å². The van der Waals surface area contributed by atoms with Gasteiger partial charge in [-0.1, -0.05) is 24.3 Å². The Kier molecular flexibility index (Phi) is 6.39. The Labute approximate surface area is 164 Å². The Morgan fingerprint density at radius 1 is 1.14 bits per heavy atom. The number of hydrogen-bond donors (Lipinski definition) is 0. The number of nitrogens with zero attached hydrogens (tertiary/aromatic N) is 2. The Balaban J connectivity index is 1.51. The lowest BCUT2D eigenvalue weighted by Crippen LogP contribution is -2.40. The number of carbonyl (C=O) groups excluding carboxylic acids is 3. The highest BCUT2D eigenvalue weighted by atomic mass is 19.1. The second-order valence-corrected chi connectivity index (χ2v) is 7.36. The van der Waals surface area contributed by atoms with Crippen molar-refractivity contribution in [2.45, 2.75) is 32.6 Å². The van der Waals surface area contributed by atoms with Gasteiger partial charge in [-0.3, -0.25) is 19.3 Å². The normalized spacial score (nSPS) is 18.5. The van der Waals surface area contributed by atoms with Crippen LogP contribution in [0.5, 0.6) is 0 Å². The third-order valence-electron chi connectivity index (χ3n) is 5.27. The summed E-state index contributed by atoms with van der Waals surface area (Å²) in [5, 5.41) is 0. The average Bonchev–Trinajstić information content (AvgIpc) is 2.70. The summed E-state index contributed by atoms with van der Waals surface area (Å²) in [7, 11) is 0. The zero-order chi connectivity index (χ0) is 20.1. The molecule has 0 aromatic heterocycles. The van der Waals surface area contributed by atoms with Gasteiger partial charge in [-0.05, 0) is 55.9 Å². The van der Waals surface area contributed by atoms with Gasteiger partial charge in [0, 0.05) is 25.2 Å². The van der Waals surface area contributed by atoms with Crippen molar-refractivity contribution >= 4 is 17.7 Å². The molecule has 0 atom stereocenters. The molecule has 0 aliphatic carbocycles. The highest BCUT2D eigenvalue weighted by Crippen LogP contribution is 2.22. The predicted octanol–water partition coefficient (Wildman–Crippen LogP) is 2.87. The van der Waals surface area contributed by atoms with Crippen LogP contribution >= 0.6 is 0 Å². The predicted molar refractivity (Wildman–Crippen MR) is 104 cm³/mol. The molecular weight excluding hydrogens is 359 g/mol. The van der Waals surface area contributed by atoms with E-state index in [1.807, 2.05) is 11.0 Å². The summed E-state index contributed by atoms with van der Waals surface area (Å²) in [4.78, 5) is 39.9. The minimum Gasteiger partial charge on any atom is -0.342 e. The fourth-order valence-electron chi connectivity index (χ4n) is 3.63. The number of hydrogen-bond acceptors (Lipinski definition) is 3. The number of carbonyl (C=O) groups is 3. The number of benzene rings is 1. The van der Waals surface area contributed by atoms with Gasteiger partial charge in [0.2, 0.25) is 5.91 Å². The number of rotatable bonds is 4. The van der Waals surface area contributed by atoms with E-state index < -0.39 is 0 Å². The molecule has 0 N–H and O–H groups in total. The van der Waals surface area contributed by atoms with E-state index in [0.29, 0.717) is 31.6 Å². The highest BCUT2D eigenvalue weighted by molar-refractivity contribution is 6.07. The number of halogens is 1.